The minimum Gasteiger partial charge on any atom is -0.497 e. The summed E-state index contributed by atoms with van der Waals surface area (Å²) in [4.78, 5) is 0. The van der Waals surface area contributed by atoms with Crippen molar-refractivity contribution in [2.75, 3.05) is 13.7 Å². The summed E-state index contributed by atoms with van der Waals surface area (Å²) in [6, 6.07) is 6.80. The maximum Gasteiger partial charge on any atom is 0.119 e. The molecule has 2 nitrogen and oxygen atoms in total. The van der Waals surface area contributed by atoms with Gasteiger partial charge in [-0.15, -0.1) is 0 Å². The smallest absolute Gasteiger partial charge is 0.119 e. The predicted molar refractivity (Wildman–Crippen MR) is 99.7 cm³/mol. The first-order valence-electron chi connectivity index (χ1n) is 10.3. The van der Waals surface area contributed by atoms with Crippen LogP contribution in [-0.4, -0.2) is 18.8 Å². The molecule has 4 aliphatic carbocycles. The maximum absolute atomic E-state index is 10.1. The number of rotatable bonds is 2. The Labute approximate surface area is 152 Å². The monoisotopic (exact) mass is 340 g/mol. The molecule has 0 aromatic heterocycles. The molecule has 8 atom stereocenters. The molecule has 1 spiro atoms. The zero-order chi connectivity index (χ0) is 17.6. The molecule has 2 heteroatoms. The van der Waals surface area contributed by atoms with Crippen molar-refractivity contribution in [3.05, 3.63) is 29.3 Å². The number of hydrogen-bond donors (Lipinski definition) is 1. The molecular weight excluding hydrogens is 308 g/mol. The average Bonchev–Trinajstić information content (AvgIpc) is 3.30. The van der Waals surface area contributed by atoms with Crippen molar-refractivity contribution in [2.24, 2.45) is 40.4 Å². The summed E-state index contributed by atoms with van der Waals surface area (Å²) in [6.07, 6.45) is 5.19. The van der Waals surface area contributed by atoms with Crippen LogP contribution in [0.3, 0.4) is 0 Å². The van der Waals surface area contributed by atoms with Gasteiger partial charge in [0.15, 0.2) is 0 Å². The lowest BCUT2D eigenvalue weighted by Crippen LogP contribution is -2.49. The highest BCUT2D eigenvalue weighted by Crippen LogP contribution is 2.84. The van der Waals surface area contributed by atoms with Crippen molar-refractivity contribution in [3.63, 3.8) is 0 Å². The molecule has 25 heavy (non-hydrogen) atoms. The molecule has 5 rings (SSSR count). The van der Waals surface area contributed by atoms with Crippen LogP contribution in [0.4, 0.5) is 0 Å². The van der Waals surface area contributed by atoms with Gasteiger partial charge in [-0.05, 0) is 95.3 Å². The molecule has 0 aliphatic heterocycles. The molecule has 3 saturated carbocycles. The maximum atomic E-state index is 10.1. The van der Waals surface area contributed by atoms with E-state index in [1.807, 2.05) is 0 Å². The molecule has 0 amide bonds. The quantitative estimate of drug-likeness (QED) is 0.849. The first-order chi connectivity index (χ1) is 12.0. The summed E-state index contributed by atoms with van der Waals surface area (Å²) in [7, 11) is 1.77. The highest BCUT2D eigenvalue weighted by atomic mass is 16.5. The van der Waals surface area contributed by atoms with Crippen molar-refractivity contribution in [2.45, 2.75) is 52.4 Å². The van der Waals surface area contributed by atoms with E-state index < -0.39 is 0 Å². The van der Waals surface area contributed by atoms with Gasteiger partial charge in [-0.3, -0.25) is 0 Å². The molecule has 0 unspecified atom stereocenters. The molecule has 1 aromatic carbocycles. The van der Waals surface area contributed by atoms with Crippen LogP contribution >= 0.6 is 0 Å². The van der Waals surface area contributed by atoms with Gasteiger partial charge >= 0.3 is 0 Å². The number of aliphatic hydroxyl groups excluding tert-OH is 1. The number of fused-ring (bicyclic) bond motifs is 3. The van der Waals surface area contributed by atoms with Crippen LogP contribution in [0.1, 0.15) is 57.1 Å². The lowest BCUT2D eigenvalue weighted by Gasteiger charge is -2.55. The molecule has 0 radical (unpaired) electrons. The Kier molecular flexibility index (Phi) is 3.25. The van der Waals surface area contributed by atoms with E-state index in [2.05, 4.69) is 39.0 Å². The van der Waals surface area contributed by atoms with E-state index in [4.69, 9.17) is 4.74 Å². The van der Waals surface area contributed by atoms with Gasteiger partial charge in [0, 0.05) is 6.61 Å². The van der Waals surface area contributed by atoms with Crippen LogP contribution in [0.25, 0.3) is 0 Å². The second kappa shape index (κ2) is 5.03. The van der Waals surface area contributed by atoms with Gasteiger partial charge in [-0.1, -0.05) is 26.8 Å². The fourth-order valence-corrected chi connectivity index (χ4v) is 8.34. The van der Waals surface area contributed by atoms with Crippen molar-refractivity contribution < 1.29 is 9.84 Å². The summed E-state index contributed by atoms with van der Waals surface area (Å²) >= 11 is 0. The summed E-state index contributed by atoms with van der Waals surface area (Å²) in [5, 5.41) is 10.1. The molecule has 1 N–H and O–H groups in total. The molecule has 0 bridgehead atoms. The van der Waals surface area contributed by atoms with Crippen LogP contribution in [0, 0.1) is 40.4 Å². The minimum atomic E-state index is 0.352. The Morgan fingerprint density at radius 2 is 2.08 bits per heavy atom. The standard InChI is InChI=1S/C23H32O2/c1-13-9-15-10-16(25-4)5-6-17(15)18-7-8-22(3)20(12-24)14(2)19-11-23(19,22)21(13)18/h5-6,10,13-14,18-21,24H,7-9,11-12H2,1-4H3/t13-,14+,18-,19-,20-,21-,22-,23-/m1/s1. The van der Waals surface area contributed by atoms with E-state index in [9.17, 15) is 5.11 Å². The van der Waals surface area contributed by atoms with Gasteiger partial charge < -0.3 is 9.84 Å². The van der Waals surface area contributed by atoms with Crippen molar-refractivity contribution >= 4 is 0 Å². The third kappa shape index (κ3) is 1.75. The molecule has 3 fully saturated rings. The molecule has 1 aromatic rings. The van der Waals surface area contributed by atoms with Gasteiger partial charge in [-0.25, -0.2) is 0 Å². The number of hydrogen-bond acceptors (Lipinski definition) is 2. The second-order valence-corrected chi connectivity index (χ2v) is 9.83. The summed E-state index contributed by atoms with van der Waals surface area (Å²) < 4.78 is 5.48. The fourth-order valence-electron chi connectivity index (χ4n) is 8.34. The van der Waals surface area contributed by atoms with Gasteiger partial charge in [-0.2, -0.15) is 0 Å². The Balaban J connectivity index is 1.59. The number of benzene rings is 1. The predicted octanol–water partition coefficient (Wildman–Crippen LogP) is 4.65. The summed E-state index contributed by atoms with van der Waals surface area (Å²) in [5.74, 6) is 5.31. The Bertz CT molecular complexity index is 712. The number of methoxy groups -OCH3 is 1. The Morgan fingerprint density at radius 1 is 1.28 bits per heavy atom. The van der Waals surface area contributed by atoms with Crippen molar-refractivity contribution in [1.82, 2.24) is 0 Å². The van der Waals surface area contributed by atoms with Crippen LogP contribution < -0.4 is 4.74 Å². The Morgan fingerprint density at radius 3 is 2.80 bits per heavy atom. The first kappa shape index (κ1) is 16.2. The third-order valence-corrected chi connectivity index (χ3v) is 9.31. The normalized spacial score (nSPS) is 49.6. The van der Waals surface area contributed by atoms with E-state index >= 15 is 0 Å². The lowest BCUT2D eigenvalue weighted by molar-refractivity contribution is -0.0492. The highest BCUT2D eigenvalue weighted by Gasteiger charge is 2.79. The van der Waals surface area contributed by atoms with Crippen molar-refractivity contribution in [3.8, 4) is 5.75 Å². The Hall–Kier alpha value is -1.02. The lowest BCUT2D eigenvalue weighted by atomic mass is 9.49. The highest BCUT2D eigenvalue weighted by molar-refractivity contribution is 5.43. The number of aliphatic hydroxyl groups is 1. The molecule has 0 saturated heterocycles. The largest absolute Gasteiger partial charge is 0.497 e. The topological polar surface area (TPSA) is 29.5 Å². The van der Waals surface area contributed by atoms with Gasteiger partial charge in [0.05, 0.1) is 7.11 Å². The van der Waals surface area contributed by atoms with Gasteiger partial charge in [0.1, 0.15) is 5.75 Å². The molecule has 136 valence electrons. The minimum absolute atomic E-state index is 0.352. The van der Waals surface area contributed by atoms with E-state index in [1.165, 1.54) is 31.2 Å². The van der Waals surface area contributed by atoms with E-state index in [-0.39, 0.29) is 0 Å². The van der Waals surface area contributed by atoms with Crippen LogP contribution in [0.5, 0.6) is 5.75 Å². The van der Waals surface area contributed by atoms with Crippen LogP contribution in [0.15, 0.2) is 18.2 Å². The molecule has 4 aliphatic rings. The van der Waals surface area contributed by atoms with Crippen LogP contribution in [-0.2, 0) is 6.42 Å². The summed E-state index contributed by atoms with van der Waals surface area (Å²) in [6.45, 7) is 7.83. The fraction of sp³-hybridized carbons (Fsp3) is 0.739. The summed E-state index contributed by atoms with van der Waals surface area (Å²) in [5.41, 5.74) is 3.98. The zero-order valence-electron chi connectivity index (χ0n) is 16.1. The van der Waals surface area contributed by atoms with Crippen molar-refractivity contribution in [1.29, 1.82) is 0 Å². The molecule has 0 heterocycles. The zero-order valence-corrected chi connectivity index (χ0v) is 16.1. The van der Waals surface area contributed by atoms with Gasteiger partial charge in [0.25, 0.3) is 0 Å². The molecular formula is C23H32O2. The second-order valence-electron chi connectivity index (χ2n) is 9.83. The third-order valence-electron chi connectivity index (χ3n) is 9.31. The van der Waals surface area contributed by atoms with E-state index in [0.29, 0.717) is 35.2 Å². The van der Waals surface area contributed by atoms with E-state index in [1.54, 1.807) is 12.7 Å². The SMILES string of the molecule is COc1ccc2c(c1)C[C@@H](C)[C@@H]1[C@@H]2CC[C@]2(C)[C@H](CO)[C@@H](C)[C@H]3C[C@]132. The number of ether oxygens (including phenoxy) is 1. The van der Waals surface area contributed by atoms with E-state index in [0.717, 1.165) is 23.5 Å². The van der Waals surface area contributed by atoms with Gasteiger partial charge in [0.2, 0.25) is 0 Å². The average molecular weight is 341 g/mol. The first-order valence-corrected chi connectivity index (χ1v) is 10.3. The van der Waals surface area contributed by atoms with Crippen LogP contribution in [0.2, 0.25) is 0 Å².